The minimum atomic E-state index is 0.170. The van der Waals surface area contributed by atoms with Crippen molar-refractivity contribution in [2.45, 2.75) is 19.9 Å². The van der Waals surface area contributed by atoms with Crippen LogP contribution < -0.4 is 4.74 Å². The van der Waals surface area contributed by atoms with Gasteiger partial charge in [-0.05, 0) is 49.2 Å². The predicted molar refractivity (Wildman–Crippen MR) is 80.1 cm³/mol. The maximum atomic E-state index is 5.16. The third kappa shape index (κ3) is 3.44. The fourth-order valence-electron chi connectivity index (χ4n) is 2.00. The molecule has 2 aromatic rings. The van der Waals surface area contributed by atoms with E-state index in [1.807, 2.05) is 49.4 Å². The molecule has 0 aromatic heterocycles. The molecule has 0 heterocycles. The lowest BCUT2D eigenvalue weighted by atomic mass is 10.1. The Balaban J connectivity index is 2.18. The van der Waals surface area contributed by atoms with Gasteiger partial charge in [0, 0.05) is 5.71 Å². The van der Waals surface area contributed by atoms with Crippen LogP contribution in [-0.2, 0) is 0 Å². The normalized spacial score (nSPS) is 13.1. The van der Waals surface area contributed by atoms with Crippen molar-refractivity contribution in [1.29, 1.82) is 0 Å². The third-order valence-electron chi connectivity index (χ3n) is 3.18. The first kappa shape index (κ1) is 13.3. The third-order valence-corrected chi connectivity index (χ3v) is 3.18. The molecule has 0 N–H and O–H groups in total. The number of aliphatic imine (C=N–C) groups is 1. The summed E-state index contributed by atoms with van der Waals surface area (Å²) in [4.78, 5) is 4.75. The van der Waals surface area contributed by atoms with Gasteiger partial charge in [0.05, 0.1) is 13.2 Å². The molecule has 2 rings (SSSR count). The van der Waals surface area contributed by atoms with E-state index >= 15 is 0 Å². The zero-order chi connectivity index (χ0) is 13.7. The molecular formula is C17H19NO. The molecule has 19 heavy (non-hydrogen) atoms. The molecule has 0 bridgehead atoms. The molecule has 2 aromatic carbocycles. The fraction of sp³-hybridized carbons (Fsp3) is 0.235. The van der Waals surface area contributed by atoms with Crippen LogP contribution in [0.15, 0.2) is 59.6 Å². The van der Waals surface area contributed by atoms with Crippen molar-refractivity contribution in [2.75, 3.05) is 7.11 Å². The van der Waals surface area contributed by atoms with Crippen LogP contribution in [0.4, 0.5) is 0 Å². The van der Waals surface area contributed by atoms with Gasteiger partial charge in [0.25, 0.3) is 0 Å². The van der Waals surface area contributed by atoms with Gasteiger partial charge in [-0.15, -0.1) is 0 Å². The minimum absolute atomic E-state index is 0.170. The SMILES string of the molecule is COc1ccc(/C(C)=N/[C@@H](C)c2ccccc2)cc1. The molecule has 0 saturated heterocycles. The van der Waals surface area contributed by atoms with E-state index in [0.717, 1.165) is 17.0 Å². The molecule has 0 spiro atoms. The molecule has 0 aliphatic rings. The van der Waals surface area contributed by atoms with Crippen LogP contribution >= 0.6 is 0 Å². The molecule has 0 aliphatic carbocycles. The Labute approximate surface area is 114 Å². The number of methoxy groups -OCH3 is 1. The summed E-state index contributed by atoms with van der Waals surface area (Å²) >= 11 is 0. The van der Waals surface area contributed by atoms with Crippen LogP contribution in [0.1, 0.15) is 31.0 Å². The first-order valence-electron chi connectivity index (χ1n) is 6.44. The summed E-state index contributed by atoms with van der Waals surface area (Å²) in [6.45, 7) is 4.16. The van der Waals surface area contributed by atoms with Gasteiger partial charge in [0.2, 0.25) is 0 Å². The monoisotopic (exact) mass is 253 g/mol. The summed E-state index contributed by atoms with van der Waals surface area (Å²) < 4.78 is 5.16. The van der Waals surface area contributed by atoms with Gasteiger partial charge < -0.3 is 4.74 Å². The first-order chi connectivity index (χ1) is 9.20. The van der Waals surface area contributed by atoms with E-state index in [1.165, 1.54) is 5.56 Å². The Kier molecular flexibility index (Phi) is 4.35. The quantitative estimate of drug-likeness (QED) is 0.746. The topological polar surface area (TPSA) is 21.6 Å². The largest absolute Gasteiger partial charge is 0.497 e. The van der Waals surface area contributed by atoms with Gasteiger partial charge in [-0.3, -0.25) is 4.99 Å². The Morgan fingerprint density at radius 1 is 1.00 bits per heavy atom. The van der Waals surface area contributed by atoms with Crippen molar-refractivity contribution < 1.29 is 4.74 Å². The summed E-state index contributed by atoms with van der Waals surface area (Å²) in [5.41, 5.74) is 3.40. The van der Waals surface area contributed by atoms with Crippen molar-refractivity contribution in [3.8, 4) is 5.75 Å². The van der Waals surface area contributed by atoms with E-state index in [-0.39, 0.29) is 6.04 Å². The number of benzene rings is 2. The number of nitrogens with zero attached hydrogens (tertiary/aromatic N) is 1. The van der Waals surface area contributed by atoms with Gasteiger partial charge in [-0.25, -0.2) is 0 Å². The molecule has 2 heteroatoms. The second-order valence-electron chi connectivity index (χ2n) is 4.53. The molecule has 0 amide bonds. The average molecular weight is 253 g/mol. The highest BCUT2D eigenvalue weighted by Crippen LogP contribution is 2.18. The van der Waals surface area contributed by atoms with Crippen LogP contribution in [0.3, 0.4) is 0 Å². The zero-order valence-electron chi connectivity index (χ0n) is 11.6. The van der Waals surface area contributed by atoms with Crippen molar-refractivity contribution in [1.82, 2.24) is 0 Å². The van der Waals surface area contributed by atoms with E-state index < -0.39 is 0 Å². The van der Waals surface area contributed by atoms with E-state index in [9.17, 15) is 0 Å². The number of rotatable bonds is 4. The fourth-order valence-corrected chi connectivity index (χ4v) is 2.00. The highest BCUT2D eigenvalue weighted by Gasteiger charge is 2.04. The predicted octanol–water partition coefficient (Wildman–Crippen LogP) is 4.27. The van der Waals surface area contributed by atoms with Crippen LogP contribution in [0.2, 0.25) is 0 Å². The standard InChI is InChI=1S/C17H19NO/c1-13(15-7-5-4-6-8-15)18-14(2)16-9-11-17(19-3)12-10-16/h4-13H,1-3H3/b18-14+/t13-/m0/s1. The molecule has 0 saturated carbocycles. The van der Waals surface area contributed by atoms with E-state index in [4.69, 9.17) is 9.73 Å². The molecule has 98 valence electrons. The Morgan fingerprint density at radius 3 is 2.21 bits per heavy atom. The number of ether oxygens (including phenoxy) is 1. The maximum Gasteiger partial charge on any atom is 0.118 e. The Hall–Kier alpha value is -2.09. The Morgan fingerprint density at radius 2 is 1.63 bits per heavy atom. The summed E-state index contributed by atoms with van der Waals surface area (Å²) in [7, 11) is 1.67. The maximum absolute atomic E-state index is 5.16. The van der Waals surface area contributed by atoms with Gasteiger partial charge in [0.15, 0.2) is 0 Å². The van der Waals surface area contributed by atoms with E-state index in [2.05, 4.69) is 19.1 Å². The van der Waals surface area contributed by atoms with Crippen molar-refractivity contribution >= 4 is 5.71 Å². The molecule has 2 nitrogen and oxygen atoms in total. The number of hydrogen-bond acceptors (Lipinski definition) is 2. The molecule has 0 fully saturated rings. The molecule has 1 atom stereocenters. The van der Waals surface area contributed by atoms with Gasteiger partial charge in [-0.2, -0.15) is 0 Å². The zero-order valence-corrected chi connectivity index (χ0v) is 11.6. The van der Waals surface area contributed by atoms with Crippen molar-refractivity contribution in [2.24, 2.45) is 4.99 Å². The lowest BCUT2D eigenvalue weighted by Crippen LogP contribution is -1.99. The minimum Gasteiger partial charge on any atom is -0.497 e. The summed E-state index contributed by atoms with van der Waals surface area (Å²) in [6, 6.07) is 18.5. The van der Waals surface area contributed by atoms with E-state index in [0.29, 0.717) is 0 Å². The molecular weight excluding hydrogens is 234 g/mol. The molecule has 0 radical (unpaired) electrons. The Bertz CT molecular complexity index is 543. The second-order valence-corrected chi connectivity index (χ2v) is 4.53. The summed E-state index contributed by atoms with van der Waals surface area (Å²) in [5.74, 6) is 0.868. The van der Waals surface area contributed by atoms with Crippen LogP contribution in [0.5, 0.6) is 5.75 Å². The summed E-state index contributed by atoms with van der Waals surface area (Å²) in [6.07, 6.45) is 0. The van der Waals surface area contributed by atoms with Gasteiger partial charge in [0.1, 0.15) is 5.75 Å². The van der Waals surface area contributed by atoms with Crippen molar-refractivity contribution in [3.63, 3.8) is 0 Å². The van der Waals surface area contributed by atoms with Gasteiger partial charge >= 0.3 is 0 Å². The first-order valence-corrected chi connectivity index (χ1v) is 6.44. The lowest BCUT2D eigenvalue weighted by molar-refractivity contribution is 0.415. The average Bonchev–Trinajstić information content (AvgIpc) is 2.48. The molecule has 0 aliphatic heterocycles. The van der Waals surface area contributed by atoms with Gasteiger partial charge in [-0.1, -0.05) is 30.3 Å². The van der Waals surface area contributed by atoms with E-state index in [1.54, 1.807) is 7.11 Å². The number of hydrogen-bond donors (Lipinski definition) is 0. The van der Waals surface area contributed by atoms with Crippen molar-refractivity contribution in [3.05, 3.63) is 65.7 Å². The highest BCUT2D eigenvalue weighted by molar-refractivity contribution is 5.98. The highest BCUT2D eigenvalue weighted by atomic mass is 16.5. The summed E-state index contributed by atoms with van der Waals surface area (Å²) in [5, 5.41) is 0. The van der Waals surface area contributed by atoms with Crippen LogP contribution in [0.25, 0.3) is 0 Å². The lowest BCUT2D eigenvalue weighted by Gasteiger charge is -2.09. The smallest absolute Gasteiger partial charge is 0.118 e. The second kappa shape index (κ2) is 6.19. The van der Waals surface area contributed by atoms with Crippen LogP contribution in [0, 0.1) is 0 Å². The molecule has 0 unspecified atom stereocenters. The van der Waals surface area contributed by atoms with Crippen LogP contribution in [-0.4, -0.2) is 12.8 Å².